The van der Waals surface area contributed by atoms with Crippen LogP contribution in [0.25, 0.3) is 0 Å². The van der Waals surface area contributed by atoms with Crippen LogP contribution in [0.5, 0.6) is 0 Å². The fourth-order valence-corrected chi connectivity index (χ4v) is 4.22. The van der Waals surface area contributed by atoms with Gasteiger partial charge in [-0.2, -0.15) is 0 Å². The van der Waals surface area contributed by atoms with Crippen LogP contribution in [0.15, 0.2) is 47.4 Å². The average molecular weight is 318 g/mol. The van der Waals surface area contributed by atoms with E-state index in [2.05, 4.69) is 17.5 Å². The Morgan fingerprint density at radius 2 is 1.77 bits per heavy atom. The van der Waals surface area contributed by atoms with Gasteiger partial charge in [-0.25, -0.2) is 4.79 Å². The molecule has 1 heterocycles. The van der Waals surface area contributed by atoms with Gasteiger partial charge >= 0.3 is 6.03 Å². The van der Waals surface area contributed by atoms with E-state index in [0.29, 0.717) is 24.1 Å². The molecule has 0 saturated carbocycles. The molecule has 2 amide bonds. The quantitative estimate of drug-likeness (QED) is 0.867. The van der Waals surface area contributed by atoms with Crippen molar-refractivity contribution in [3.05, 3.63) is 42.5 Å². The summed E-state index contributed by atoms with van der Waals surface area (Å²) in [5, 5.41) is 2.91. The van der Waals surface area contributed by atoms with Gasteiger partial charge < -0.3 is 10.2 Å². The van der Waals surface area contributed by atoms with Crippen LogP contribution >= 0.6 is 0 Å². The van der Waals surface area contributed by atoms with Gasteiger partial charge in [0.1, 0.15) is 0 Å². The third-order valence-corrected chi connectivity index (χ3v) is 5.85. The number of nitrogens with one attached hydrogen (secondary N) is 1. The summed E-state index contributed by atoms with van der Waals surface area (Å²) < 4.78 is 12.1. The summed E-state index contributed by atoms with van der Waals surface area (Å²) in [6, 6.07) is 9.37. The van der Waals surface area contributed by atoms with Gasteiger partial charge in [0, 0.05) is 30.3 Å². The summed E-state index contributed by atoms with van der Waals surface area (Å²) in [5.41, 5.74) is 0. The highest BCUT2D eigenvalue weighted by atomic mass is 32.2. The normalized spacial score (nSPS) is 24.8. The lowest BCUT2D eigenvalue weighted by atomic mass is 9.86. The number of amides is 2. The molecule has 118 valence electrons. The van der Waals surface area contributed by atoms with E-state index in [4.69, 9.17) is 0 Å². The number of rotatable bonds is 4. The van der Waals surface area contributed by atoms with E-state index < -0.39 is 10.8 Å². The molecule has 22 heavy (non-hydrogen) atoms. The van der Waals surface area contributed by atoms with Gasteiger partial charge in [0.25, 0.3) is 0 Å². The van der Waals surface area contributed by atoms with E-state index in [1.807, 2.05) is 35.2 Å². The topological polar surface area (TPSA) is 49.4 Å². The second-order valence-electron chi connectivity index (χ2n) is 5.96. The number of fused-ring (bicyclic) bond motifs is 1. The van der Waals surface area contributed by atoms with Crippen molar-refractivity contribution in [1.29, 1.82) is 0 Å². The van der Waals surface area contributed by atoms with E-state index in [1.54, 1.807) is 0 Å². The Balaban J connectivity index is 1.42. The zero-order valence-corrected chi connectivity index (χ0v) is 13.4. The van der Waals surface area contributed by atoms with E-state index in [1.165, 1.54) is 0 Å². The Hall–Kier alpha value is -1.62. The Labute approximate surface area is 134 Å². The van der Waals surface area contributed by atoms with E-state index in [9.17, 15) is 9.00 Å². The molecule has 1 aliphatic carbocycles. The minimum atomic E-state index is -1.05. The minimum Gasteiger partial charge on any atom is -0.337 e. The molecule has 0 aromatic heterocycles. The average Bonchev–Trinajstić information content (AvgIpc) is 2.99. The molecule has 4 nitrogen and oxygen atoms in total. The standard InChI is InChI=1S/C17H22N2O2S/c20-17(19-12-14-6-4-5-7-15(14)13-19)18-10-11-22(21)16-8-2-1-3-9-16/h1-5,8-9,14-15H,6-7,10-13H2,(H,18,20). The molecule has 2 aliphatic rings. The van der Waals surface area contributed by atoms with Crippen LogP contribution in [-0.2, 0) is 10.8 Å². The highest BCUT2D eigenvalue weighted by Crippen LogP contribution is 2.32. The lowest BCUT2D eigenvalue weighted by Crippen LogP contribution is -2.40. The SMILES string of the molecule is O=C(NCCS(=O)c1ccccc1)N1CC2CC=CCC2C1. The maximum Gasteiger partial charge on any atom is 0.317 e. The maximum absolute atomic E-state index is 12.2. The lowest BCUT2D eigenvalue weighted by molar-refractivity contribution is 0.207. The van der Waals surface area contributed by atoms with Crippen molar-refractivity contribution in [3.8, 4) is 0 Å². The second-order valence-corrected chi connectivity index (χ2v) is 7.53. The van der Waals surface area contributed by atoms with Gasteiger partial charge in [-0.05, 0) is 36.8 Å². The third kappa shape index (κ3) is 3.58. The fourth-order valence-electron chi connectivity index (χ4n) is 3.23. The van der Waals surface area contributed by atoms with Gasteiger partial charge in [0.15, 0.2) is 0 Å². The van der Waals surface area contributed by atoms with Gasteiger partial charge in [-0.15, -0.1) is 0 Å². The maximum atomic E-state index is 12.2. The smallest absolute Gasteiger partial charge is 0.317 e. The summed E-state index contributed by atoms with van der Waals surface area (Å²) in [4.78, 5) is 14.9. The zero-order valence-electron chi connectivity index (χ0n) is 12.6. The Morgan fingerprint density at radius 3 is 2.41 bits per heavy atom. The molecule has 3 unspecified atom stereocenters. The number of benzene rings is 1. The first kappa shape index (κ1) is 15.3. The van der Waals surface area contributed by atoms with Gasteiger partial charge in [-0.3, -0.25) is 4.21 Å². The molecule has 1 aromatic carbocycles. The first-order valence-electron chi connectivity index (χ1n) is 7.85. The first-order valence-corrected chi connectivity index (χ1v) is 9.17. The van der Waals surface area contributed by atoms with Crippen LogP contribution in [0.4, 0.5) is 4.79 Å². The molecule has 5 heteroatoms. The highest BCUT2D eigenvalue weighted by Gasteiger charge is 2.34. The van der Waals surface area contributed by atoms with Gasteiger partial charge in [-0.1, -0.05) is 30.4 Å². The Kier molecular flexibility index (Phi) is 4.93. The molecule has 1 aliphatic heterocycles. The van der Waals surface area contributed by atoms with E-state index >= 15 is 0 Å². The minimum absolute atomic E-state index is 0.0144. The Bertz CT molecular complexity index is 557. The first-order chi connectivity index (χ1) is 10.7. The fraction of sp³-hybridized carbons (Fsp3) is 0.471. The van der Waals surface area contributed by atoms with Crippen molar-refractivity contribution < 1.29 is 9.00 Å². The number of hydrogen-bond acceptors (Lipinski definition) is 2. The number of hydrogen-bond donors (Lipinski definition) is 1. The van der Waals surface area contributed by atoms with Crippen LogP contribution in [0, 0.1) is 11.8 Å². The number of allylic oxidation sites excluding steroid dienone is 2. The molecule has 3 atom stereocenters. The molecule has 0 spiro atoms. The molecular formula is C17H22N2O2S. The summed E-state index contributed by atoms with van der Waals surface area (Å²) in [5.74, 6) is 1.70. The number of nitrogens with zero attached hydrogens (tertiary/aromatic N) is 1. The van der Waals surface area contributed by atoms with Crippen molar-refractivity contribution in [2.24, 2.45) is 11.8 Å². The number of carbonyl (C=O) groups is 1. The molecule has 0 bridgehead atoms. The summed E-state index contributed by atoms with van der Waals surface area (Å²) in [6.07, 6.45) is 6.64. The van der Waals surface area contributed by atoms with Crippen molar-refractivity contribution in [2.45, 2.75) is 17.7 Å². The largest absolute Gasteiger partial charge is 0.337 e. The molecule has 1 aromatic rings. The second kappa shape index (κ2) is 7.09. The van der Waals surface area contributed by atoms with E-state index in [0.717, 1.165) is 30.8 Å². The summed E-state index contributed by atoms with van der Waals surface area (Å²) >= 11 is 0. The molecule has 0 radical (unpaired) electrons. The van der Waals surface area contributed by atoms with Gasteiger partial charge in [0.05, 0.1) is 10.8 Å². The molecule has 1 saturated heterocycles. The lowest BCUT2D eigenvalue weighted by Gasteiger charge is -2.17. The summed E-state index contributed by atoms with van der Waals surface area (Å²) in [6.45, 7) is 2.15. The zero-order chi connectivity index (χ0) is 15.4. The predicted octanol–water partition coefficient (Wildman–Crippen LogP) is 2.40. The summed E-state index contributed by atoms with van der Waals surface area (Å²) in [7, 11) is -1.05. The molecule has 1 fully saturated rings. The molecule has 3 rings (SSSR count). The van der Waals surface area contributed by atoms with Crippen molar-refractivity contribution in [3.63, 3.8) is 0 Å². The number of urea groups is 1. The van der Waals surface area contributed by atoms with Gasteiger partial charge in [0.2, 0.25) is 0 Å². The number of likely N-dealkylation sites (tertiary alicyclic amines) is 1. The Morgan fingerprint density at radius 1 is 1.14 bits per heavy atom. The highest BCUT2D eigenvalue weighted by molar-refractivity contribution is 7.85. The van der Waals surface area contributed by atoms with Crippen LogP contribution in [0.1, 0.15) is 12.8 Å². The number of carbonyl (C=O) groups excluding carboxylic acids is 1. The third-order valence-electron chi connectivity index (χ3n) is 4.48. The van der Waals surface area contributed by atoms with Crippen LogP contribution in [0.3, 0.4) is 0 Å². The monoisotopic (exact) mass is 318 g/mol. The van der Waals surface area contributed by atoms with Crippen LogP contribution in [0.2, 0.25) is 0 Å². The van der Waals surface area contributed by atoms with Crippen LogP contribution < -0.4 is 5.32 Å². The van der Waals surface area contributed by atoms with Crippen molar-refractivity contribution >= 4 is 16.8 Å². The molecule has 1 N–H and O–H groups in total. The van der Waals surface area contributed by atoms with Crippen molar-refractivity contribution in [2.75, 3.05) is 25.4 Å². The van der Waals surface area contributed by atoms with E-state index in [-0.39, 0.29) is 6.03 Å². The van der Waals surface area contributed by atoms with Crippen LogP contribution in [-0.4, -0.2) is 40.5 Å². The van der Waals surface area contributed by atoms with Crippen molar-refractivity contribution in [1.82, 2.24) is 10.2 Å². The predicted molar refractivity (Wildman–Crippen MR) is 88.0 cm³/mol. The molecular weight excluding hydrogens is 296 g/mol.